The Morgan fingerprint density at radius 2 is 2.00 bits per heavy atom. The summed E-state index contributed by atoms with van der Waals surface area (Å²) in [6.07, 6.45) is 7.22. The first-order valence-corrected chi connectivity index (χ1v) is 8.07. The molecule has 1 aromatic rings. The van der Waals surface area contributed by atoms with Crippen LogP contribution in [0.25, 0.3) is 0 Å². The highest BCUT2D eigenvalue weighted by molar-refractivity contribution is 7.98. The van der Waals surface area contributed by atoms with E-state index in [1.807, 2.05) is 11.8 Å². The largest absolute Gasteiger partial charge is 0.339 e. The molecule has 0 aliphatic heterocycles. The molecule has 0 saturated heterocycles. The smallest absolute Gasteiger partial charge is 0.234 e. The van der Waals surface area contributed by atoms with Crippen LogP contribution >= 0.6 is 11.8 Å². The molecule has 1 aliphatic carbocycles. The van der Waals surface area contributed by atoms with Gasteiger partial charge in [0, 0.05) is 6.54 Å². The van der Waals surface area contributed by atoms with Gasteiger partial charge in [0.15, 0.2) is 5.82 Å². The molecule has 1 aromatic heterocycles. The highest BCUT2D eigenvalue weighted by Gasteiger charge is 2.36. The van der Waals surface area contributed by atoms with E-state index in [9.17, 15) is 0 Å². The summed E-state index contributed by atoms with van der Waals surface area (Å²) in [4.78, 5) is 4.58. The monoisotopic (exact) mass is 269 g/mol. The lowest BCUT2D eigenvalue weighted by Crippen LogP contribution is -2.35. The van der Waals surface area contributed by atoms with Crippen LogP contribution in [0, 0.1) is 0 Å². The second-order valence-corrected chi connectivity index (χ2v) is 6.33. The maximum absolute atomic E-state index is 6.02. The van der Waals surface area contributed by atoms with Crippen molar-refractivity contribution < 1.29 is 4.52 Å². The van der Waals surface area contributed by atoms with Gasteiger partial charge in [0.25, 0.3) is 0 Å². The molecule has 0 amide bonds. The van der Waals surface area contributed by atoms with Crippen molar-refractivity contribution in [1.29, 1.82) is 0 Å². The Kier molecular flexibility index (Phi) is 5.06. The van der Waals surface area contributed by atoms with Gasteiger partial charge in [-0.2, -0.15) is 16.7 Å². The molecule has 0 bridgehead atoms. The second kappa shape index (κ2) is 6.57. The van der Waals surface area contributed by atoms with Crippen molar-refractivity contribution in [1.82, 2.24) is 10.1 Å². The number of rotatable bonds is 5. The van der Waals surface area contributed by atoms with Gasteiger partial charge in [-0.3, -0.25) is 0 Å². The summed E-state index contributed by atoms with van der Waals surface area (Å²) in [7, 11) is 0. The molecule has 2 N–H and O–H groups in total. The van der Waals surface area contributed by atoms with E-state index in [1.54, 1.807) is 0 Å². The molecule has 1 heterocycles. The predicted molar refractivity (Wildman–Crippen MR) is 74.6 cm³/mol. The van der Waals surface area contributed by atoms with Gasteiger partial charge in [-0.05, 0) is 18.6 Å². The summed E-state index contributed by atoms with van der Waals surface area (Å²) in [6, 6.07) is 0. The standard InChI is InChI=1S/C13H23N3OS/c1-2-18-9-11-15-12(17-16-11)13(10-14)7-5-3-4-6-8-13/h2-10,14H2,1H3. The molecule has 18 heavy (non-hydrogen) atoms. The summed E-state index contributed by atoms with van der Waals surface area (Å²) < 4.78 is 5.50. The van der Waals surface area contributed by atoms with E-state index in [1.165, 1.54) is 25.7 Å². The Balaban J connectivity index is 2.12. The van der Waals surface area contributed by atoms with Crippen LogP contribution in [-0.2, 0) is 11.2 Å². The molecule has 5 heteroatoms. The van der Waals surface area contributed by atoms with E-state index in [4.69, 9.17) is 10.3 Å². The molecule has 0 unspecified atom stereocenters. The number of hydrogen-bond acceptors (Lipinski definition) is 5. The quantitative estimate of drug-likeness (QED) is 0.833. The van der Waals surface area contributed by atoms with Crippen LogP contribution < -0.4 is 5.73 Å². The number of hydrogen-bond donors (Lipinski definition) is 1. The Labute approximate surface area is 113 Å². The lowest BCUT2D eigenvalue weighted by molar-refractivity contribution is 0.256. The van der Waals surface area contributed by atoms with Crippen molar-refractivity contribution in [3.63, 3.8) is 0 Å². The van der Waals surface area contributed by atoms with Gasteiger partial charge >= 0.3 is 0 Å². The summed E-state index contributed by atoms with van der Waals surface area (Å²) in [5.41, 5.74) is 5.96. The highest BCUT2D eigenvalue weighted by Crippen LogP contribution is 2.36. The van der Waals surface area contributed by atoms with Crippen LogP contribution in [0.1, 0.15) is 57.2 Å². The van der Waals surface area contributed by atoms with Crippen molar-refractivity contribution in [2.75, 3.05) is 12.3 Å². The number of nitrogens with zero attached hydrogens (tertiary/aromatic N) is 2. The van der Waals surface area contributed by atoms with Crippen LogP contribution in [0.15, 0.2) is 4.52 Å². The van der Waals surface area contributed by atoms with E-state index in [0.29, 0.717) is 6.54 Å². The predicted octanol–water partition coefficient (Wildman–Crippen LogP) is 2.87. The van der Waals surface area contributed by atoms with E-state index >= 15 is 0 Å². The zero-order valence-electron chi connectivity index (χ0n) is 11.2. The molecule has 1 fully saturated rings. The summed E-state index contributed by atoms with van der Waals surface area (Å²) in [6.45, 7) is 2.76. The molecule has 1 aliphatic rings. The van der Waals surface area contributed by atoms with Gasteiger partial charge < -0.3 is 10.3 Å². The van der Waals surface area contributed by atoms with E-state index in [0.717, 1.165) is 36.1 Å². The van der Waals surface area contributed by atoms with Crippen molar-refractivity contribution in [2.24, 2.45) is 5.73 Å². The lowest BCUT2D eigenvalue weighted by atomic mass is 9.80. The minimum Gasteiger partial charge on any atom is -0.339 e. The van der Waals surface area contributed by atoms with Crippen molar-refractivity contribution >= 4 is 11.8 Å². The van der Waals surface area contributed by atoms with Crippen LogP contribution in [0.4, 0.5) is 0 Å². The van der Waals surface area contributed by atoms with Crippen molar-refractivity contribution in [3.8, 4) is 0 Å². The molecular weight excluding hydrogens is 246 g/mol. The molecule has 0 radical (unpaired) electrons. The topological polar surface area (TPSA) is 64.9 Å². The molecule has 0 aromatic carbocycles. The average Bonchev–Trinajstić information content (AvgIpc) is 2.74. The Bertz CT molecular complexity index is 359. The zero-order chi connectivity index (χ0) is 12.8. The van der Waals surface area contributed by atoms with Gasteiger partial charge in [0.2, 0.25) is 5.89 Å². The van der Waals surface area contributed by atoms with Gasteiger partial charge in [-0.15, -0.1) is 0 Å². The minimum atomic E-state index is -0.0569. The molecule has 0 spiro atoms. The first kappa shape index (κ1) is 13.9. The normalized spacial score (nSPS) is 19.7. The van der Waals surface area contributed by atoms with Crippen LogP contribution in [0.5, 0.6) is 0 Å². The van der Waals surface area contributed by atoms with Gasteiger partial charge in [0.1, 0.15) is 0 Å². The van der Waals surface area contributed by atoms with Crippen LogP contribution in [0.3, 0.4) is 0 Å². The summed E-state index contributed by atoms with van der Waals surface area (Å²) >= 11 is 1.82. The molecule has 0 atom stereocenters. The van der Waals surface area contributed by atoms with E-state index < -0.39 is 0 Å². The number of nitrogens with two attached hydrogens (primary N) is 1. The highest BCUT2D eigenvalue weighted by atomic mass is 32.2. The van der Waals surface area contributed by atoms with Crippen LogP contribution in [0.2, 0.25) is 0 Å². The minimum absolute atomic E-state index is 0.0569. The van der Waals surface area contributed by atoms with Crippen molar-refractivity contribution in [2.45, 2.75) is 56.6 Å². The average molecular weight is 269 g/mol. The summed E-state index contributed by atoms with van der Waals surface area (Å²) in [5.74, 6) is 3.50. The van der Waals surface area contributed by atoms with Gasteiger partial charge in [0.05, 0.1) is 11.2 Å². The fourth-order valence-electron chi connectivity index (χ4n) is 2.63. The number of aromatic nitrogens is 2. The maximum atomic E-state index is 6.02. The van der Waals surface area contributed by atoms with Gasteiger partial charge in [-0.25, -0.2) is 0 Å². The van der Waals surface area contributed by atoms with E-state index in [-0.39, 0.29) is 5.41 Å². The third-order valence-electron chi connectivity index (χ3n) is 3.81. The Hall–Kier alpha value is -0.550. The fraction of sp³-hybridized carbons (Fsp3) is 0.846. The lowest BCUT2D eigenvalue weighted by Gasteiger charge is -2.26. The zero-order valence-corrected chi connectivity index (χ0v) is 12.0. The molecular formula is C13H23N3OS. The van der Waals surface area contributed by atoms with Crippen LogP contribution in [-0.4, -0.2) is 22.4 Å². The number of thioether (sulfide) groups is 1. The first-order chi connectivity index (χ1) is 8.80. The Morgan fingerprint density at radius 1 is 1.28 bits per heavy atom. The molecule has 2 rings (SSSR count). The van der Waals surface area contributed by atoms with Crippen molar-refractivity contribution in [3.05, 3.63) is 11.7 Å². The van der Waals surface area contributed by atoms with Gasteiger partial charge in [-0.1, -0.05) is 37.8 Å². The second-order valence-electron chi connectivity index (χ2n) is 5.05. The Morgan fingerprint density at radius 3 is 2.61 bits per heavy atom. The SMILES string of the molecule is CCSCc1noc(C2(CN)CCCCCC2)n1. The summed E-state index contributed by atoms with van der Waals surface area (Å²) in [5, 5.41) is 4.09. The molecule has 4 nitrogen and oxygen atoms in total. The first-order valence-electron chi connectivity index (χ1n) is 6.91. The molecule has 102 valence electrons. The maximum Gasteiger partial charge on any atom is 0.234 e. The fourth-order valence-corrected chi connectivity index (χ4v) is 3.14. The third kappa shape index (κ3) is 3.06. The third-order valence-corrected chi connectivity index (χ3v) is 4.68. The molecule has 1 saturated carbocycles. The van der Waals surface area contributed by atoms with E-state index in [2.05, 4.69) is 17.1 Å².